The van der Waals surface area contributed by atoms with Gasteiger partial charge in [-0.15, -0.1) is 0 Å². The quantitative estimate of drug-likeness (QED) is 0.527. The SMILES string of the molecule is CN=C(NCC1CCCN(C(C)C)C1)NCC1(CCOC)CCC1. The van der Waals surface area contributed by atoms with Crippen molar-refractivity contribution in [2.24, 2.45) is 16.3 Å². The first-order chi connectivity index (χ1) is 11.6. The molecule has 1 saturated carbocycles. The predicted octanol–water partition coefficient (Wildman–Crippen LogP) is 2.48. The van der Waals surface area contributed by atoms with Gasteiger partial charge in [-0.1, -0.05) is 6.42 Å². The van der Waals surface area contributed by atoms with Gasteiger partial charge in [0.05, 0.1) is 0 Å². The summed E-state index contributed by atoms with van der Waals surface area (Å²) in [5.41, 5.74) is 0.424. The minimum Gasteiger partial charge on any atom is -0.385 e. The highest BCUT2D eigenvalue weighted by Crippen LogP contribution is 2.43. The highest BCUT2D eigenvalue weighted by atomic mass is 16.5. The summed E-state index contributed by atoms with van der Waals surface area (Å²) in [6.45, 7) is 9.96. The summed E-state index contributed by atoms with van der Waals surface area (Å²) in [5, 5.41) is 7.12. The van der Waals surface area contributed by atoms with Crippen molar-refractivity contribution in [3.05, 3.63) is 0 Å². The molecular weight excluding hydrogens is 300 g/mol. The van der Waals surface area contributed by atoms with Crippen molar-refractivity contribution < 1.29 is 4.74 Å². The molecule has 140 valence electrons. The fourth-order valence-electron chi connectivity index (χ4n) is 3.98. The minimum atomic E-state index is 0.424. The average Bonchev–Trinajstić information content (AvgIpc) is 2.56. The fraction of sp³-hybridized carbons (Fsp3) is 0.947. The van der Waals surface area contributed by atoms with Crippen LogP contribution in [0.3, 0.4) is 0 Å². The Balaban J connectivity index is 1.72. The molecule has 2 aliphatic rings. The van der Waals surface area contributed by atoms with E-state index in [4.69, 9.17) is 4.74 Å². The Bertz CT molecular complexity index is 393. The zero-order valence-electron chi connectivity index (χ0n) is 16.2. The summed E-state index contributed by atoms with van der Waals surface area (Å²) < 4.78 is 5.28. The molecule has 2 rings (SSSR count). The average molecular weight is 339 g/mol. The van der Waals surface area contributed by atoms with Gasteiger partial charge in [0.2, 0.25) is 0 Å². The maximum absolute atomic E-state index is 5.28. The number of hydrogen-bond acceptors (Lipinski definition) is 3. The van der Waals surface area contributed by atoms with Gasteiger partial charge in [-0.05, 0) is 63.8 Å². The molecule has 1 saturated heterocycles. The topological polar surface area (TPSA) is 48.9 Å². The number of nitrogens with zero attached hydrogens (tertiary/aromatic N) is 2. The van der Waals surface area contributed by atoms with Crippen molar-refractivity contribution in [3.63, 3.8) is 0 Å². The minimum absolute atomic E-state index is 0.424. The second-order valence-corrected chi connectivity index (χ2v) is 8.00. The van der Waals surface area contributed by atoms with E-state index in [0.29, 0.717) is 11.5 Å². The summed E-state index contributed by atoms with van der Waals surface area (Å²) in [6.07, 6.45) is 7.77. The van der Waals surface area contributed by atoms with Crippen molar-refractivity contribution in [3.8, 4) is 0 Å². The van der Waals surface area contributed by atoms with E-state index in [2.05, 4.69) is 34.4 Å². The van der Waals surface area contributed by atoms with Crippen LogP contribution in [0, 0.1) is 11.3 Å². The van der Waals surface area contributed by atoms with E-state index in [-0.39, 0.29) is 0 Å². The maximum Gasteiger partial charge on any atom is 0.191 e. The normalized spacial score (nSPS) is 24.7. The van der Waals surface area contributed by atoms with E-state index in [9.17, 15) is 0 Å². The van der Waals surface area contributed by atoms with Gasteiger partial charge in [-0.25, -0.2) is 0 Å². The lowest BCUT2D eigenvalue weighted by Gasteiger charge is -2.42. The van der Waals surface area contributed by atoms with Gasteiger partial charge in [0.15, 0.2) is 5.96 Å². The van der Waals surface area contributed by atoms with E-state index in [1.54, 1.807) is 7.11 Å². The van der Waals surface area contributed by atoms with Crippen molar-refractivity contribution in [2.45, 2.75) is 58.4 Å². The van der Waals surface area contributed by atoms with Crippen LogP contribution in [0.5, 0.6) is 0 Å². The van der Waals surface area contributed by atoms with Crippen LogP contribution < -0.4 is 10.6 Å². The number of guanidine groups is 1. The Morgan fingerprint density at radius 3 is 2.67 bits per heavy atom. The second kappa shape index (κ2) is 9.62. The Hall–Kier alpha value is -0.810. The lowest BCUT2D eigenvalue weighted by Crippen LogP contribution is -2.49. The fourth-order valence-corrected chi connectivity index (χ4v) is 3.98. The zero-order chi connectivity index (χ0) is 17.4. The molecule has 5 heteroatoms. The van der Waals surface area contributed by atoms with Crippen LogP contribution in [0.4, 0.5) is 0 Å². The van der Waals surface area contributed by atoms with Gasteiger partial charge >= 0.3 is 0 Å². The van der Waals surface area contributed by atoms with Crippen LogP contribution in [0.2, 0.25) is 0 Å². The van der Waals surface area contributed by atoms with E-state index < -0.39 is 0 Å². The van der Waals surface area contributed by atoms with Crippen molar-refractivity contribution in [1.29, 1.82) is 0 Å². The first-order valence-electron chi connectivity index (χ1n) is 9.76. The van der Waals surface area contributed by atoms with Gasteiger partial charge in [0.25, 0.3) is 0 Å². The summed E-state index contributed by atoms with van der Waals surface area (Å²) >= 11 is 0. The molecule has 0 bridgehead atoms. The summed E-state index contributed by atoms with van der Waals surface area (Å²) in [6, 6.07) is 0.657. The Kier molecular flexibility index (Phi) is 7.82. The number of ether oxygens (including phenoxy) is 1. The van der Waals surface area contributed by atoms with Crippen LogP contribution in [0.1, 0.15) is 52.4 Å². The van der Waals surface area contributed by atoms with Crippen LogP contribution in [0.15, 0.2) is 4.99 Å². The third kappa shape index (κ3) is 5.62. The Morgan fingerprint density at radius 2 is 2.08 bits per heavy atom. The van der Waals surface area contributed by atoms with Crippen molar-refractivity contribution in [1.82, 2.24) is 15.5 Å². The lowest BCUT2D eigenvalue weighted by atomic mass is 9.67. The first-order valence-corrected chi connectivity index (χ1v) is 9.76. The third-order valence-electron chi connectivity index (χ3n) is 5.94. The number of piperidine rings is 1. The van der Waals surface area contributed by atoms with Gasteiger partial charge in [0.1, 0.15) is 0 Å². The zero-order valence-corrected chi connectivity index (χ0v) is 16.2. The van der Waals surface area contributed by atoms with E-state index >= 15 is 0 Å². The summed E-state index contributed by atoms with van der Waals surface area (Å²) in [5.74, 6) is 1.69. The molecule has 2 N–H and O–H groups in total. The first kappa shape index (κ1) is 19.5. The molecule has 1 unspecified atom stereocenters. The van der Waals surface area contributed by atoms with Crippen molar-refractivity contribution in [2.75, 3.05) is 46.9 Å². The number of likely N-dealkylation sites (tertiary alicyclic amines) is 1. The van der Waals surface area contributed by atoms with Crippen LogP contribution in [-0.4, -0.2) is 63.8 Å². The smallest absolute Gasteiger partial charge is 0.191 e. The highest BCUT2D eigenvalue weighted by molar-refractivity contribution is 5.79. The van der Waals surface area contributed by atoms with E-state index in [1.807, 2.05) is 7.05 Å². The molecule has 0 aromatic heterocycles. The number of aliphatic imine (C=N–C) groups is 1. The van der Waals surface area contributed by atoms with Gasteiger partial charge in [0, 0.05) is 46.4 Å². The number of methoxy groups -OCH3 is 1. The van der Waals surface area contributed by atoms with Gasteiger partial charge in [-0.3, -0.25) is 4.99 Å². The summed E-state index contributed by atoms with van der Waals surface area (Å²) in [4.78, 5) is 7.02. The molecule has 1 aliphatic carbocycles. The molecule has 1 aliphatic heterocycles. The third-order valence-corrected chi connectivity index (χ3v) is 5.94. The molecule has 0 spiro atoms. The highest BCUT2D eigenvalue weighted by Gasteiger charge is 2.36. The second-order valence-electron chi connectivity index (χ2n) is 8.00. The van der Waals surface area contributed by atoms with Crippen molar-refractivity contribution >= 4 is 5.96 Å². The van der Waals surface area contributed by atoms with Crippen LogP contribution >= 0.6 is 0 Å². The molecule has 5 nitrogen and oxygen atoms in total. The molecule has 1 atom stereocenters. The number of hydrogen-bond donors (Lipinski definition) is 2. The number of nitrogens with one attached hydrogen (secondary N) is 2. The van der Waals surface area contributed by atoms with Crippen LogP contribution in [0.25, 0.3) is 0 Å². The Morgan fingerprint density at radius 1 is 1.29 bits per heavy atom. The Labute approximate surface area is 148 Å². The number of rotatable bonds is 8. The monoisotopic (exact) mass is 338 g/mol. The molecule has 2 fully saturated rings. The maximum atomic E-state index is 5.28. The molecule has 24 heavy (non-hydrogen) atoms. The molecular formula is C19H38N4O. The molecule has 0 aromatic carbocycles. The van der Waals surface area contributed by atoms with Gasteiger partial charge < -0.3 is 20.3 Å². The molecule has 0 amide bonds. The lowest BCUT2D eigenvalue weighted by molar-refractivity contribution is 0.0732. The van der Waals surface area contributed by atoms with Crippen LogP contribution in [-0.2, 0) is 4.74 Å². The standard InChI is InChI=1S/C19H38N4O/c1-16(2)23-11-5-7-17(14-23)13-21-18(20-3)22-15-19(8-6-9-19)10-12-24-4/h16-17H,5-15H2,1-4H3,(H2,20,21,22). The summed E-state index contributed by atoms with van der Waals surface area (Å²) in [7, 11) is 3.67. The van der Waals surface area contributed by atoms with Gasteiger partial charge in [-0.2, -0.15) is 0 Å². The molecule has 0 radical (unpaired) electrons. The van der Waals surface area contributed by atoms with E-state index in [1.165, 1.54) is 45.2 Å². The molecule has 1 heterocycles. The van der Waals surface area contributed by atoms with E-state index in [0.717, 1.165) is 38.0 Å². The largest absolute Gasteiger partial charge is 0.385 e. The molecule has 0 aromatic rings. The predicted molar refractivity (Wildman–Crippen MR) is 102 cm³/mol.